The normalized spacial score (nSPS) is 15.2. The Balaban J connectivity index is 2.03. The van der Waals surface area contributed by atoms with Gasteiger partial charge in [-0.1, -0.05) is 15.9 Å². The molecule has 1 aromatic rings. The summed E-state index contributed by atoms with van der Waals surface area (Å²) in [5, 5.41) is 0. The molecule has 0 saturated carbocycles. The van der Waals surface area contributed by atoms with Crippen molar-refractivity contribution in [3.63, 3.8) is 0 Å². The van der Waals surface area contributed by atoms with E-state index in [0.29, 0.717) is 31.7 Å². The zero-order valence-electron chi connectivity index (χ0n) is 10.9. The van der Waals surface area contributed by atoms with Gasteiger partial charge in [0.05, 0.1) is 12.7 Å². The average Bonchev–Trinajstić information content (AvgIpc) is 2.46. The molecule has 0 aliphatic carbocycles. The average molecular weight is 406 g/mol. The first-order valence-corrected chi connectivity index (χ1v) is 7.68. The summed E-state index contributed by atoms with van der Waals surface area (Å²) in [7, 11) is 1.36. The smallest absolute Gasteiger partial charge is 0.409 e. The quantitative estimate of drug-likeness (QED) is 0.721. The van der Waals surface area contributed by atoms with E-state index in [1.807, 2.05) is 12.1 Å². The second-order valence-electron chi connectivity index (χ2n) is 4.37. The second kappa shape index (κ2) is 6.58. The number of carbonyl (C=O) groups excluding carboxylic acids is 2. The van der Waals surface area contributed by atoms with E-state index in [9.17, 15) is 9.59 Å². The first-order valence-electron chi connectivity index (χ1n) is 6.10. The van der Waals surface area contributed by atoms with Gasteiger partial charge < -0.3 is 14.5 Å². The molecule has 0 spiro atoms. The minimum atomic E-state index is -0.345. The fourth-order valence-corrected chi connectivity index (χ4v) is 3.27. The van der Waals surface area contributed by atoms with Gasteiger partial charge in [-0.3, -0.25) is 4.79 Å². The molecule has 1 aliphatic rings. The van der Waals surface area contributed by atoms with Gasteiger partial charge in [-0.15, -0.1) is 0 Å². The van der Waals surface area contributed by atoms with Gasteiger partial charge in [-0.2, -0.15) is 0 Å². The number of carbonyl (C=O) groups is 2. The molecule has 2 amide bonds. The van der Waals surface area contributed by atoms with Crippen molar-refractivity contribution in [1.82, 2.24) is 9.80 Å². The summed E-state index contributed by atoms with van der Waals surface area (Å²) < 4.78 is 6.34. The molecule has 1 aromatic carbocycles. The summed E-state index contributed by atoms with van der Waals surface area (Å²) in [6.07, 6.45) is -0.345. The predicted octanol–water partition coefficient (Wildman–Crippen LogP) is 2.74. The van der Waals surface area contributed by atoms with Crippen molar-refractivity contribution in [1.29, 1.82) is 0 Å². The summed E-state index contributed by atoms with van der Waals surface area (Å²) in [4.78, 5) is 27.2. The van der Waals surface area contributed by atoms with Crippen LogP contribution in [0.4, 0.5) is 4.79 Å². The number of nitrogens with zero attached hydrogens (tertiary/aromatic N) is 2. The lowest BCUT2D eigenvalue weighted by molar-refractivity contribution is 0.0599. The lowest BCUT2D eigenvalue weighted by Crippen LogP contribution is -2.50. The summed E-state index contributed by atoms with van der Waals surface area (Å²) >= 11 is 6.76. The monoisotopic (exact) mass is 404 g/mol. The topological polar surface area (TPSA) is 49.9 Å². The Morgan fingerprint density at radius 2 is 1.70 bits per heavy atom. The molecule has 0 N–H and O–H groups in total. The van der Waals surface area contributed by atoms with Crippen LogP contribution < -0.4 is 0 Å². The Kier molecular flexibility index (Phi) is 5.04. The minimum absolute atomic E-state index is 0.0334. The van der Waals surface area contributed by atoms with Gasteiger partial charge in [-0.05, 0) is 34.1 Å². The zero-order chi connectivity index (χ0) is 14.7. The van der Waals surface area contributed by atoms with Crippen molar-refractivity contribution in [2.24, 2.45) is 0 Å². The molecule has 1 fully saturated rings. The number of benzene rings is 1. The first kappa shape index (κ1) is 15.3. The highest BCUT2D eigenvalue weighted by molar-refractivity contribution is 9.11. The van der Waals surface area contributed by atoms with E-state index in [1.54, 1.807) is 15.9 Å². The van der Waals surface area contributed by atoms with Crippen molar-refractivity contribution in [3.8, 4) is 0 Å². The number of hydrogen-bond donors (Lipinski definition) is 0. The Morgan fingerprint density at radius 3 is 2.25 bits per heavy atom. The molecule has 1 heterocycles. The summed E-state index contributed by atoms with van der Waals surface area (Å²) in [6, 6.07) is 5.46. The van der Waals surface area contributed by atoms with E-state index in [0.717, 1.165) is 8.95 Å². The lowest BCUT2D eigenvalue weighted by atomic mass is 10.2. The van der Waals surface area contributed by atoms with Gasteiger partial charge in [0.1, 0.15) is 0 Å². The highest BCUT2D eigenvalue weighted by Crippen LogP contribution is 2.23. The lowest BCUT2D eigenvalue weighted by Gasteiger charge is -2.34. The number of hydrogen-bond acceptors (Lipinski definition) is 3. The van der Waals surface area contributed by atoms with E-state index in [-0.39, 0.29) is 12.0 Å². The Morgan fingerprint density at radius 1 is 1.10 bits per heavy atom. The third kappa shape index (κ3) is 3.32. The highest BCUT2D eigenvalue weighted by Gasteiger charge is 2.26. The molecule has 0 atom stereocenters. The maximum Gasteiger partial charge on any atom is 0.409 e. The predicted molar refractivity (Wildman–Crippen MR) is 81.7 cm³/mol. The molecule has 7 heteroatoms. The van der Waals surface area contributed by atoms with Crippen LogP contribution >= 0.6 is 31.9 Å². The number of rotatable bonds is 1. The molecule has 0 aromatic heterocycles. The van der Waals surface area contributed by atoms with Crippen LogP contribution in [0.25, 0.3) is 0 Å². The number of piperazine rings is 1. The van der Waals surface area contributed by atoms with Crippen molar-refractivity contribution in [2.75, 3.05) is 33.3 Å². The molecular formula is C13H14Br2N2O3. The Bertz CT molecular complexity index is 528. The van der Waals surface area contributed by atoms with E-state index in [2.05, 4.69) is 36.6 Å². The molecule has 5 nitrogen and oxygen atoms in total. The second-order valence-corrected chi connectivity index (χ2v) is 6.14. The molecule has 0 bridgehead atoms. The molecule has 1 aliphatic heterocycles. The van der Waals surface area contributed by atoms with Gasteiger partial charge in [0.2, 0.25) is 0 Å². The van der Waals surface area contributed by atoms with Crippen LogP contribution in [0.15, 0.2) is 27.1 Å². The molecule has 20 heavy (non-hydrogen) atoms. The Hall–Kier alpha value is -1.08. The first-order chi connectivity index (χ1) is 9.52. The van der Waals surface area contributed by atoms with Crippen LogP contribution in [0.3, 0.4) is 0 Å². The summed E-state index contributed by atoms with van der Waals surface area (Å²) in [6.45, 7) is 2.01. The SMILES string of the molecule is COC(=O)N1CCN(C(=O)c2ccc(Br)cc2Br)CC1. The van der Waals surface area contributed by atoms with Crippen molar-refractivity contribution in [2.45, 2.75) is 0 Å². The molecule has 108 valence electrons. The summed E-state index contributed by atoms with van der Waals surface area (Å²) in [5.41, 5.74) is 0.625. The van der Waals surface area contributed by atoms with Gasteiger partial charge in [0.25, 0.3) is 5.91 Å². The maximum absolute atomic E-state index is 12.4. The van der Waals surface area contributed by atoms with Gasteiger partial charge in [-0.25, -0.2) is 4.79 Å². The number of halogens is 2. The van der Waals surface area contributed by atoms with Crippen LogP contribution in [0.2, 0.25) is 0 Å². The third-order valence-electron chi connectivity index (χ3n) is 3.16. The van der Waals surface area contributed by atoms with E-state index < -0.39 is 0 Å². The third-order valence-corrected chi connectivity index (χ3v) is 4.31. The molecular weight excluding hydrogens is 392 g/mol. The fraction of sp³-hybridized carbons (Fsp3) is 0.385. The van der Waals surface area contributed by atoms with Crippen LogP contribution in [0.1, 0.15) is 10.4 Å². The van der Waals surface area contributed by atoms with E-state index >= 15 is 0 Å². The van der Waals surface area contributed by atoms with Gasteiger partial charge >= 0.3 is 6.09 Å². The van der Waals surface area contributed by atoms with Gasteiger partial charge in [0, 0.05) is 35.1 Å². The van der Waals surface area contributed by atoms with Crippen LogP contribution in [-0.2, 0) is 4.74 Å². The maximum atomic E-state index is 12.4. The van der Waals surface area contributed by atoms with Crippen molar-refractivity contribution in [3.05, 3.63) is 32.7 Å². The van der Waals surface area contributed by atoms with E-state index in [4.69, 9.17) is 0 Å². The van der Waals surface area contributed by atoms with E-state index in [1.165, 1.54) is 7.11 Å². The van der Waals surface area contributed by atoms with Crippen LogP contribution in [0.5, 0.6) is 0 Å². The number of methoxy groups -OCH3 is 1. The molecule has 0 unspecified atom stereocenters. The number of ether oxygens (including phenoxy) is 1. The van der Waals surface area contributed by atoms with Gasteiger partial charge in [0.15, 0.2) is 0 Å². The molecule has 1 saturated heterocycles. The molecule has 2 rings (SSSR count). The zero-order valence-corrected chi connectivity index (χ0v) is 14.1. The van der Waals surface area contributed by atoms with Crippen LogP contribution in [0, 0.1) is 0 Å². The summed E-state index contributed by atoms with van der Waals surface area (Å²) in [5.74, 6) is -0.0334. The standard InChI is InChI=1S/C13H14Br2N2O3/c1-20-13(19)17-6-4-16(5-7-17)12(18)10-3-2-9(14)8-11(10)15/h2-3,8H,4-7H2,1H3. The van der Waals surface area contributed by atoms with Crippen molar-refractivity contribution < 1.29 is 14.3 Å². The molecule has 0 radical (unpaired) electrons. The largest absolute Gasteiger partial charge is 0.453 e. The van der Waals surface area contributed by atoms with Crippen molar-refractivity contribution >= 4 is 43.9 Å². The fourth-order valence-electron chi connectivity index (χ4n) is 2.05. The number of amides is 2. The Labute approximate surface area is 134 Å². The minimum Gasteiger partial charge on any atom is -0.453 e. The van der Waals surface area contributed by atoms with Crippen LogP contribution in [-0.4, -0.2) is 55.1 Å². The highest BCUT2D eigenvalue weighted by atomic mass is 79.9.